The first kappa shape index (κ1) is 14.3. The van der Waals surface area contributed by atoms with Gasteiger partial charge in [0.2, 0.25) is 5.91 Å². The van der Waals surface area contributed by atoms with Crippen LogP contribution in [0.2, 0.25) is 0 Å². The Kier molecular flexibility index (Phi) is 4.50. The fourth-order valence-electron chi connectivity index (χ4n) is 2.09. The van der Waals surface area contributed by atoms with Crippen molar-refractivity contribution in [2.45, 2.75) is 6.04 Å². The number of nitrogens with zero attached hydrogens (tertiary/aromatic N) is 2. The van der Waals surface area contributed by atoms with Crippen LogP contribution in [0.5, 0.6) is 0 Å². The summed E-state index contributed by atoms with van der Waals surface area (Å²) in [7, 11) is 0. The molecule has 3 aromatic heterocycles. The van der Waals surface area contributed by atoms with Crippen molar-refractivity contribution in [1.29, 1.82) is 0 Å². The van der Waals surface area contributed by atoms with E-state index in [1.807, 2.05) is 28.4 Å². The van der Waals surface area contributed by atoms with Crippen molar-refractivity contribution in [1.82, 2.24) is 15.1 Å². The molecule has 0 radical (unpaired) electrons. The smallest absolute Gasteiger partial charge is 0.244 e. The quantitative estimate of drug-likeness (QED) is 0.712. The standard InChI is InChI=1S/C16H15N3O2S/c20-16(5-4-14-3-1-9-21-14)17-11-15(13-6-10-22-12-13)19-8-2-7-18-19/h1-10,12,15H,11H2,(H,17,20)/b5-4+. The highest BCUT2D eigenvalue weighted by atomic mass is 32.1. The van der Waals surface area contributed by atoms with Gasteiger partial charge in [0, 0.05) is 25.0 Å². The van der Waals surface area contributed by atoms with Crippen molar-refractivity contribution < 1.29 is 9.21 Å². The molecule has 0 aliphatic carbocycles. The van der Waals surface area contributed by atoms with Crippen molar-refractivity contribution in [3.8, 4) is 0 Å². The van der Waals surface area contributed by atoms with Crippen LogP contribution >= 0.6 is 11.3 Å². The average molecular weight is 313 g/mol. The SMILES string of the molecule is O=C(/C=C/c1ccco1)NCC(c1ccsc1)n1cccn1. The Bertz CT molecular complexity index is 681. The molecule has 3 aromatic rings. The zero-order valence-corrected chi connectivity index (χ0v) is 12.6. The van der Waals surface area contributed by atoms with E-state index in [0.717, 1.165) is 5.56 Å². The summed E-state index contributed by atoms with van der Waals surface area (Å²) in [6.07, 6.45) is 8.31. The van der Waals surface area contributed by atoms with E-state index in [9.17, 15) is 4.79 Å². The number of carbonyl (C=O) groups excluding carboxylic acids is 1. The second-order valence-electron chi connectivity index (χ2n) is 4.65. The highest BCUT2D eigenvalue weighted by Crippen LogP contribution is 2.19. The van der Waals surface area contributed by atoms with Gasteiger partial charge < -0.3 is 9.73 Å². The number of thiophene rings is 1. The Morgan fingerprint density at radius 3 is 3.09 bits per heavy atom. The van der Waals surface area contributed by atoms with Gasteiger partial charge >= 0.3 is 0 Å². The third-order valence-electron chi connectivity index (χ3n) is 3.18. The predicted molar refractivity (Wildman–Crippen MR) is 85.4 cm³/mol. The highest BCUT2D eigenvalue weighted by Gasteiger charge is 2.15. The second-order valence-corrected chi connectivity index (χ2v) is 5.43. The van der Waals surface area contributed by atoms with Gasteiger partial charge in [-0.15, -0.1) is 0 Å². The van der Waals surface area contributed by atoms with Gasteiger partial charge in [-0.25, -0.2) is 0 Å². The van der Waals surface area contributed by atoms with E-state index in [1.165, 1.54) is 6.08 Å². The summed E-state index contributed by atoms with van der Waals surface area (Å²) in [6.45, 7) is 0.472. The molecule has 0 bridgehead atoms. The number of rotatable bonds is 6. The summed E-state index contributed by atoms with van der Waals surface area (Å²) in [5.74, 6) is 0.486. The number of hydrogen-bond acceptors (Lipinski definition) is 4. The molecule has 3 rings (SSSR count). The van der Waals surface area contributed by atoms with E-state index in [0.29, 0.717) is 12.3 Å². The predicted octanol–water partition coefficient (Wildman–Crippen LogP) is 2.96. The molecule has 1 N–H and O–H groups in total. The minimum absolute atomic E-state index is 0.0118. The molecule has 1 amide bonds. The molecule has 1 atom stereocenters. The summed E-state index contributed by atoms with van der Waals surface area (Å²) < 4.78 is 6.99. The van der Waals surface area contributed by atoms with E-state index in [4.69, 9.17) is 4.42 Å². The van der Waals surface area contributed by atoms with Crippen molar-refractivity contribution in [3.05, 3.63) is 71.1 Å². The molecule has 0 aliphatic rings. The van der Waals surface area contributed by atoms with Crippen molar-refractivity contribution >= 4 is 23.3 Å². The van der Waals surface area contributed by atoms with E-state index >= 15 is 0 Å². The molecule has 0 saturated carbocycles. The molecule has 0 saturated heterocycles. The number of amides is 1. The fourth-order valence-corrected chi connectivity index (χ4v) is 2.80. The van der Waals surface area contributed by atoms with Gasteiger partial charge in [0.1, 0.15) is 5.76 Å². The van der Waals surface area contributed by atoms with Crippen LogP contribution in [0.4, 0.5) is 0 Å². The van der Waals surface area contributed by atoms with Gasteiger partial charge in [0.25, 0.3) is 0 Å². The van der Waals surface area contributed by atoms with Crippen LogP contribution in [0.1, 0.15) is 17.4 Å². The molecule has 0 aromatic carbocycles. The van der Waals surface area contributed by atoms with Crippen molar-refractivity contribution in [3.63, 3.8) is 0 Å². The molecule has 0 spiro atoms. The van der Waals surface area contributed by atoms with Gasteiger partial charge in [-0.1, -0.05) is 0 Å². The van der Waals surface area contributed by atoms with Gasteiger partial charge in [-0.3, -0.25) is 9.48 Å². The number of nitrogens with one attached hydrogen (secondary N) is 1. The first-order chi connectivity index (χ1) is 10.8. The first-order valence-electron chi connectivity index (χ1n) is 6.83. The number of aromatic nitrogens is 2. The van der Waals surface area contributed by atoms with E-state index in [2.05, 4.69) is 15.8 Å². The maximum absolute atomic E-state index is 11.9. The minimum Gasteiger partial charge on any atom is -0.465 e. The fraction of sp³-hybridized carbons (Fsp3) is 0.125. The molecule has 3 heterocycles. The number of carbonyl (C=O) groups is 1. The lowest BCUT2D eigenvalue weighted by Gasteiger charge is -2.16. The third-order valence-corrected chi connectivity index (χ3v) is 3.89. The van der Waals surface area contributed by atoms with Crippen molar-refractivity contribution in [2.24, 2.45) is 0 Å². The first-order valence-corrected chi connectivity index (χ1v) is 7.78. The zero-order valence-electron chi connectivity index (χ0n) is 11.8. The van der Waals surface area contributed by atoms with Gasteiger partial charge in [-0.2, -0.15) is 16.4 Å². The molecular weight excluding hydrogens is 298 g/mol. The van der Waals surface area contributed by atoms with Crippen LogP contribution in [0.15, 0.2) is 64.2 Å². The lowest BCUT2D eigenvalue weighted by molar-refractivity contribution is -0.116. The van der Waals surface area contributed by atoms with Crippen LogP contribution in [-0.2, 0) is 4.79 Å². The second kappa shape index (κ2) is 6.91. The van der Waals surface area contributed by atoms with E-state index < -0.39 is 0 Å². The minimum atomic E-state index is -0.163. The Balaban J connectivity index is 1.63. The highest BCUT2D eigenvalue weighted by molar-refractivity contribution is 7.07. The molecule has 22 heavy (non-hydrogen) atoms. The van der Waals surface area contributed by atoms with Crippen molar-refractivity contribution in [2.75, 3.05) is 6.54 Å². The molecular formula is C16H15N3O2S. The molecule has 112 valence electrons. The lowest BCUT2D eigenvalue weighted by Crippen LogP contribution is -2.30. The third kappa shape index (κ3) is 3.53. The summed E-state index contributed by atoms with van der Waals surface area (Å²) in [5, 5.41) is 11.3. The van der Waals surface area contributed by atoms with Crippen LogP contribution in [0.25, 0.3) is 6.08 Å². The number of furan rings is 1. The normalized spacial score (nSPS) is 12.5. The summed E-state index contributed by atoms with van der Waals surface area (Å²) >= 11 is 1.63. The molecule has 5 nitrogen and oxygen atoms in total. The van der Waals surface area contributed by atoms with Crippen LogP contribution < -0.4 is 5.32 Å². The average Bonchev–Trinajstić information content (AvgIpc) is 3.27. The van der Waals surface area contributed by atoms with E-state index in [-0.39, 0.29) is 11.9 Å². The summed E-state index contributed by atoms with van der Waals surface area (Å²) in [5.41, 5.74) is 1.13. The van der Waals surface area contributed by atoms with Crippen LogP contribution in [-0.4, -0.2) is 22.2 Å². The Morgan fingerprint density at radius 2 is 2.41 bits per heavy atom. The maximum atomic E-state index is 11.9. The molecule has 1 unspecified atom stereocenters. The topological polar surface area (TPSA) is 60.1 Å². The van der Waals surface area contributed by atoms with Gasteiger partial charge in [0.05, 0.1) is 12.3 Å². The monoisotopic (exact) mass is 313 g/mol. The Morgan fingerprint density at radius 1 is 1.45 bits per heavy atom. The molecule has 0 fully saturated rings. The Hall–Kier alpha value is -2.60. The Labute approximate surface area is 131 Å². The lowest BCUT2D eigenvalue weighted by atomic mass is 10.1. The maximum Gasteiger partial charge on any atom is 0.244 e. The van der Waals surface area contributed by atoms with Crippen LogP contribution in [0.3, 0.4) is 0 Å². The van der Waals surface area contributed by atoms with E-state index in [1.54, 1.807) is 42.0 Å². The van der Waals surface area contributed by atoms with Gasteiger partial charge in [0.15, 0.2) is 0 Å². The van der Waals surface area contributed by atoms with Gasteiger partial charge in [-0.05, 0) is 46.7 Å². The number of hydrogen-bond donors (Lipinski definition) is 1. The van der Waals surface area contributed by atoms with Crippen LogP contribution in [0, 0.1) is 0 Å². The molecule has 0 aliphatic heterocycles. The largest absolute Gasteiger partial charge is 0.465 e. The molecule has 6 heteroatoms. The summed E-state index contributed by atoms with van der Waals surface area (Å²) in [6, 6.07) is 7.48. The summed E-state index contributed by atoms with van der Waals surface area (Å²) in [4.78, 5) is 11.9. The zero-order chi connectivity index (χ0) is 15.2.